The first-order chi connectivity index (χ1) is 12.4. The highest BCUT2D eigenvalue weighted by atomic mass is 35.5. The van der Waals surface area contributed by atoms with Gasteiger partial charge < -0.3 is 9.80 Å². The van der Waals surface area contributed by atoms with Crippen LogP contribution in [0, 0.1) is 0 Å². The van der Waals surface area contributed by atoms with Gasteiger partial charge in [0.05, 0.1) is 10.5 Å². The van der Waals surface area contributed by atoms with E-state index in [-0.39, 0.29) is 5.41 Å². The first-order valence-corrected chi connectivity index (χ1v) is 9.71. The molecule has 2 aromatic rings. The summed E-state index contributed by atoms with van der Waals surface area (Å²) in [4.78, 5) is 9.61. The van der Waals surface area contributed by atoms with Gasteiger partial charge in [-0.2, -0.15) is 0 Å². The zero-order valence-electron chi connectivity index (χ0n) is 15.7. The van der Waals surface area contributed by atoms with E-state index < -0.39 is 0 Å². The number of benzene rings is 1. The van der Waals surface area contributed by atoms with Gasteiger partial charge >= 0.3 is 0 Å². The Morgan fingerprint density at radius 1 is 1.08 bits per heavy atom. The van der Waals surface area contributed by atoms with Crippen molar-refractivity contribution in [1.82, 2.24) is 14.8 Å². The third kappa shape index (κ3) is 3.09. The zero-order valence-corrected chi connectivity index (χ0v) is 16.4. The smallest absolute Gasteiger partial charge is 0.0727 e. The van der Waals surface area contributed by atoms with E-state index in [1.54, 1.807) is 0 Å². The topological polar surface area (TPSA) is 19.4 Å². The molecule has 0 spiro atoms. The second-order valence-electron chi connectivity index (χ2n) is 7.94. The molecule has 1 aromatic carbocycles. The Morgan fingerprint density at radius 2 is 1.73 bits per heavy atom. The molecule has 1 aliphatic carbocycles. The molecule has 4 heteroatoms. The van der Waals surface area contributed by atoms with Crippen LogP contribution in [-0.4, -0.2) is 41.0 Å². The molecular formula is C22H26ClN3. The summed E-state index contributed by atoms with van der Waals surface area (Å²) in [5.74, 6) is 0. The molecule has 2 fully saturated rings. The average Bonchev–Trinajstić information content (AvgIpc) is 3.39. The second-order valence-corrected chi connectivity index (χ2v) is 8.35. The van der Waals surface area contributed by atoms with Gasteiger partial charge in [-0.3, -0.25) is 4.98 Å². The van der Waals surface area contributed by atoms with Crippen LogP contribution in [0.2, 0.25) is 5.02 Å². The molecule has 4 rings (SSSR count). The highest BCUT2D eigenvalue weighted by Crippen LogP contribution is 2.47. The van der Waals surface area contributed by atoms with Crippen molar-refractivity contribution in [3.63, 3.8) is 0 Å². The van der Waals surface area contributed by atoms with Crippen molar-refractivity contribution in [3.05, 3.63) is 59.4 Å². The zero-order chi connectivity index (χ0) is 18.5. The first-order valence-electron chi connectivity index (χ1n) is 9.33. The quantitative estimate of drug-likeness (QED) is 0.752. The van der Waals surface area contributed by atoms with Gasteiger partial charge in [-0.05, 0) is 37.5 Å². The molecule has 136 valence electrons. The van der Waals surface area contributed by atoms with Crippen LogP contribution in [0.15, 0.2) is 43.1 Å². The van der Waals surface area contributed by atoms with Gasteiger partial charge in [-0.25, -0.2) is 0 Å². The van der Waals surface area contributed by atoms with E-state index in [1.807, 2.05) is 6.07 Å². The molecule has 3 nitrogen and oxygen atoms in total. The van der Waals surface area contributed by atoms with Gasteiger partial charge in [0.1, 0.15) is 0 Å². The minimum atomic E-state index is 0.212. The van der Waals surface area contributed by atoms with Crippen LogP contribution in [-0.2, 0) is 5.41 Å². The van der Waals surface area contributed by atoms with Gasteiger partial charge in [0.15, 0.2) is 0 Å². The summed E-state index contributed by atoms with van der Waals surface area (Å²) < 4.78 is 0. The van der Waals surface area contributed by atoms with Crippen LogP contribution in [0.1, 0.15) is 37.9 Å². The Balaban J connectivity index is 1.60. The van der Waals surface area contributed by atoms with Gasteiger partial charge in [-0.1, -0.05) is 43.8 Å². The Kier molecular flexibility index (Phi) is 4.23. The summed E-state index contributed by atoms with van der Waals surface area (Å²) in [5, 5.41) is 1.81. The monoisotopic (exact) mass is 367 g/mol. The first kappa shape index (κ1) is 17.4. The Morgan fingerprint density at radius 3 is 2.35 bits per heavy atom. The van der Waals surface area contributed by atoms with E-state index in [0.29, 0.717) is 0 Å². The standard InChI is InChI=1S/C22H26ClN3/c1-15(2)25-9-11-26(12-10-25)16(3)17-5-6-18-19(23)14-21(22(4)7-8-22)24-20(18)13-17/h5-6,13-14H,1,3,7-12H2,2,4H3. The lowest BCUT2D eigenvalue weighted by molar-refractivity contribution is 0.215. The molecular weight excluding hydrogens is 342 g/mol. The number of fused-ring (bicyclic) bond motifs is 1. The summed E-state index contributed by atoms with van der Waals surface area (Å²) in [5.41, 5.74) is 5.63. The fourth-order valence-corrected chi connectivity index (χ4v) is 3.92. The number of pyridine rings is 1. The molecule has 0 unspecified atom stereocenters. The molecule has 1 saturated carbocycles. The molecule has 2 heterocycles. The molecule has 0 atom stereocenters. The number of allylic oxidation sites excluding steroid dienone is 1. The van der Waals surface area contributed by atoms with E-state index in [0.717, 1.165) is 64.8 Å². The van der Waals surface area contributed by atoms with Crippen LogP contribution in [0.4, 0.5) is 0 Å². The predicted octanol–water partition coefficient (Wildman–Crippen LogP) is 5.06. The van der Waals surface area contributed by atoms with Crippen LogP contribution in [0.25, 0.3) is 16.6 Å². The Labute approximate surface area is 161 Å². The third-order valence-corrected chi connectivity index (χ3v) is 6.22. The molecule has 1 aromatic heterocycles. The van der Waals surface area contributed by atoms with Crippen molar-refractivity contribution in [1.29, 1.82) is 0 Å². The third-order valence-electron chi connectivity index (χ3n) is 5.91. The number of rotatable bonds is 4. The number of halogens is 1. The molecule has 0 N–H and O–H groups in total. The number of nitrogens with zero attached hydrogens (tertiary/aromatic N) is 3. The molecule has 1 aliphatic heterocycles. The summed E-state index contributed by atoms with van der Waals surface area (Å²) in [6.07, 6.45) is 2.39. The van der Waals surface area contributed by atoms with Gasteiger partial charge in [0, 0.05) is 54.1 Å². The van der Waals surface area contributed by atoms with Gasteiger partial charge in [-0.15, -0.1) is 0 Å². The van der Waals surface area contributed by atoms with Gasteiger partial charge in [0.2, 0.25) is 0 Å². The maximum absolute atomic E-state index is 6.54. The minimum Gasteiger partial charge on any atom is -0.372 e. The van der Waals surface area contributed by atoms with Crippen molar-refractivity contribution < 1.29 is 0 Å². The molecule has 0 radical (unpaired) electrons. The fourth-order valence-electron chi connectivity index (χ4n) is 3.66. The average molecular weight is 368 g/mol. The van der Waals surface area contributed by atoms with E-state index in [9.17, 15) is 0 Å². The van der Waals surface area contributed by atoms with Gasteiger partial charge in [0.25, 0.3) is 0 Å². The van der Waals surface area contributed by atoms with Crippen molar-refractivity contribution >= 4 is 28.2 Å². The summed E-state index contributed by atoms with van der Waals surface area (Å²) in [6, 6.07) is 8.38. The van der Waals surface area contributed by atoms with Crippen molar-refractivity contribution in [2.45, 2.75) is 32.1 Å². The second kappa shape index (κ2) is 6.31. The Bertz CT molecular complexity index is 890. The number of piperazine rings is 1. The maximum atomic E-state index is 6.54. The van der Waals surface area contributed by atoms with E-state index in [2.05, 4.69) is 55.0 Å². The Hall–Kier alpha value is -2.00. The largest absolute Gasteiger partial charge is 0.372 e. The number of hydrogen-bond acceptors (Lipinski definition) is 3. The maximum Gasteiger partial charge on any atom is 0.0727 e. The lowest BCUT2D eigenvalue weighted by Gasteiger charge is -2.38. The number of hydrogen-bond donors (Lipinski definition) is 0. The van der Waals surface area contributed by atoms with Crippen molar-refractivity contribution in [3.8, 4) is 0 Å². The minimum absolute atomic E-state index is 0.212. The molecule has 2 aliphatic rings. The summed E-state index contributed by atoms with van der Waals surface area (Å²) in [7, 11) is 0. The number of aromatic nitrogens is 1. The molecule has 1 saturated heterocycles. The highest BCUT2D eigenvalue weighted by Gasteiger charge is 2.40. The lowest BCUT2D eigenvalue weighted by Crippen LogP contribution is -2.44. The van der Waals surface area contributed by atoms with Crippen LogP contribution in [0.3, 0.4) is 0 Å². The molecule has 0 amide bonds. The van der Waals surface area contributed by atoms with E-state index >= 15 is 0 Å². The highest BCUT2D eigenvalue weighted by molar-refractivity contribution is 6.35. The van der Waals surface area contributed by atoms with Crippen molar-refractivity contribution in [2.24, 2.45) is 0 Å². The summed E-state index contributed by atoms with van der Waals surface area (Å²) in [6.45, 7) is 16.7. The molecule has 0 bridgehead atoms. The van der Waals surface area contributed by atoms with Crippen LogP contribution in [0.5, 0.6) is 0 Å². The van der Waals surface area contributed by atoms with Crippen LogP contribution < -0.4 is 0 Å². The SMILES string of the molecule is C=C(C)N1CCN(C(=C)c2ccc3c(Cl)cc(C4(C)CC4)nc3c2)CC1. The normalized spacial score (nSPS) is 18.9. The predicted molar refractivity (Wildman–Crippen MR) is 110 cm³/mol. The van der Waals surface area contributed by atoms with Crippen molar-refractivity contribution in [2.75, 3.05) is 26.2 Å². The van der Waals surface area contributed by atoms with E-state index in [1.165, 1.54) is 12.8 Å². The van der Waals surface area contributed by atoms with E-state index in [4.69, 9.17) is 16.6 Å². The molecule has 26 heavy (non-hydrogen) atoms. The van der Waals surface area contributed by atoms with Crippen LogP contribution >= 0.6 is 11.6 Å². The lowest BCUT2D eigenvalue weighted by atomic mass is 10.0. The fraction of sp³-hybridized carbons (Fsp3) is 0.409. The summed E-state index contributed by atoms with van der Waals surface area (Å²) >= 11 is 6.54.